The smallest absolute Gasteiger partial charge is 0.225 e. The highest BCUT2D eigenvalue weighted by Crippen LogP contribution is 2.25. The minimum Gasteiger partial charge on any atom is -0.343 e. The summed E-state index contributed by atoms with van der Waals surface area (Å²) in [6.07, 6.45) is 7.66. The topological polar surface area (TPSA) is 57.7 Å². The SMILES string of the molecule is CC1CCCN(C(=O)C2CCN(C(=O)CCC(=O)c3ccc4c(c3)CCC4)CC2)C1. The van der Waals surface area contributed by atoms with Crippen LogP contribution in [0.15, 0.2) is 18.2 Å². The van der Waals surface area contributed by atoms with Gasteiger partial charge >= 0.3 is 0 Å². The Hall–Kier alpha value is -2.17. The number of carbonyl (C=O) groups is 3. The number of fused-ring (bicyclic) bond motifs is 1. The van der Waals surface area contributed by atoms with Crippen LogP contribution in [0.4, 0.5) is 0 Å². The van der Waals surface area contributed by atoms with E-state index in [0.29, 0.717) is 19.0 Å². The molecule has 2 heterocycles. The predicted octanol–water partition coefficient (Wildman–Crippen LogP) is 3.64. The zero-order valence-corrected chi connectivity index (χ0v) is 18.2. The Kier molecular flexibility index (Phi) is 6.55. The highest BCUT2D eigenvalue weighted by atomic mass is 16.2. The molecule has 2 aliphatic heterocycles. The van der Waals surface area contributed by atoms with Gasteiger partial charge in [0.05, 0.1) is 0 Å². The first kappa shape index (κ1) is 21.1. The lowest BCUT2D eigenvalue weighted by Crippen LogP contribution is -2.47. The Bertz CT molecular complexity index is 811. The number of amides is 2. The molecule has 0 spiro atoms. The second-order valence-electron chi connectivity index (χ2n) is 9.45. The van der Waals surface area contributed by atoms with Gasteiger partial charge in [0.2, 0.25) is 11.8 Å². The molecule has 1 aromatic carbocycles. The zero-order valence-electron chi connectivity index (χ0n) is 18.2. The molecule has 0 bridgehead atoms. The molecule has 2 saturated heterocycles. The van der Waals surface area contributed by atoms with Crippen molar-refractivity contribution in [3.63, 3.8) is 0 Å². The second kappa shape index (κ2) is 9.32. The van der Waals surface area contributed by atoms with Gasteiger partial charge in [0.15, 0.2) is 5.78 Å². The number of ketones is 1. The van der Waals surface area contributed by atoms with Crippen LogP contribution >= 0.6 is 0 Å². The van der Waals surface area contributed by atoms with Crippen LogP contribution in [0.2, 0.25) is 0 Å². The number of nitrogens with zero attached hydrogens (tertiary/aromatic N) is 2. The summed E-state index contributed by atoms with van der Waals surface area (Å²) in [5.74, 6) is 1.02. The predicted molar refractivity (Wildman–Crippen MR) is 116 cm³/mol. The molecule has 30 heavy (non-hydrogen) atoms. The molecule has 4 rings (SSSR count). The maximum absolute atomic E-state index is 12.8. The van der Waals surface area contributed by atoms with Gasteiger partial charge in [-0.1, -0.05) is 19.1 Å². The Labute approximate surface area is 179 Å². The van der Waals surface area contributed by atoms with E-state index in [1.54, 1.807) is 0 Å². The fourth-order valence-corrected chi connectivity index (χ4v) is 5.29. The lowest BCUT2D eigenvalue weighted by Gasteiger charge is -2.37. The maximum atomic E-state index is 12.8. The zero-order chi connectivity index (χ0) is 21.1. The molecular weight excluding hydrogens is 376 g/mol. The first-order chi connectivity index (χ1) is 14.5. The number of hydrogen-bond acceptors (Lipinski definition) is 3. The number of carbonyl (C=O) groups excluding carboxylic acids is 3. The van der Waals surface area contributed by atoms with Crippen molar-refractivity contribution < 1.29 is 14.4 Å². The molecule has 0 radical (unpaired) electrons. The van der Waals surface area contributed by atoms with Gasteiger partial charge in [0, 0.05) is 50.5 Å². The van der Waals surface area contributed by atoms with E-state index in [1.807, 2.05) is 21.9 Å². The summed E-state index contributed by atoms with van der Waals surface area (Å²) in [7, 11) is 0. The number of piperidine rings is 2. The maximum Gasteiger partial charge on any atom is 0.225 e. The minimum absolute atomic E-state index is 0.0435. The molecule has 1 aliphatic carbocycles. The minimum atomic E-state index is 0.0435. The Morgan fingerprint density at radius 3 is 2.43 bits per heavy atom. The average Bonchev–Trinajstić information content (AvgIpc) is 3.24. The van der Waals surface area contributed by atoms with E-state index in [2.05, 4.69) is 13.0 Å². The van der Waals surface area contributed by atoms with Gasteiger partial charge in [-0.3, -0.25) is 14.4 Å². The van der Waals surface area contributed by atoms with Crippen molar-refractivity contribution in [2.75, 3.05) is 26.2 Å². The van der Waals surface area contributed by atoms with Crippen molar-refractivity contribution >= 4 is 17.6 Å². The fourth-order valence-electron chi connectivity index (χ4n) is 5.29. The highest BCUT2D eigenvalue weighted by Gasteiger charge is 2.31. The van der Waals surface area contributed by atoms with Gasteiger partial charge in [0.25, 0.3) is 0 Å². The lowest BCUT2D eigenvalue weighted by atomic mass is 9.92. The second-order valence-corrected chi connectivity index (χ2v) is 9.45. The van der Waals surface area contributed by atoms with E-state index in [9.17, 15) is 14.4 Å². The fraction of sp³-hybridized carbons (Fsp3) is 0.640. The van der Waals surface area contributed by atoms with E-state index < -0.39 is 0 Å². The molecule has 0 N–H and O–H groups in total. The van der Waals surface area contributed by atoms with Gasteiger partial charge in [0.1, 0.15) is 0 Å². The Balaban J connectivity index is 1.22. The summed E-state index contributed by atoms with van der Waals surface area (Å²) in [5, 5.41) is 0. The van der Waals surface area contributed by atoms with E-state index in [0.717, 1.165) is 50.8 Å². The lowest BCUT2D eigenvalue weighted by molar-refractivity contribution is -0.142. The monoisotopic (exact) mass is 410 g/mol. The molecule has 2 amide bonds. The van der Waals surface area contributed by atoms with Crippen molar-refractivity contribution in [1.82, 2.24) is 9.80 Å². The van der Waals surface area contributed by atoms with E-state index in [1.165, 1.54) is 24.0 Å². The van der Waals surface area contributed by atoms with E-state index in [4.69, 9.17) is 0 Å². The van der Waals surface area contributed by atoms with Crippen molar-refractivity contribution in [3.05, 3.63) is 34.9 Å². The van der Waals surface area contributed by atoms with E-state index in [-0.39, 0.29) is 36.4 Å². The summed E-state index contributed by atoms with van der Waals surface area (Å²) in [4.78, 5) is 41.9. The molecule has 1 unspecified atom stereocenters. The standard InChI is InChI=1S/C25H34N2O3/c1-18-4-3-13-27(17-18)25(30)20-11-14-26(15-12-20)24(29)10-9-23(28)22-8-7-19-5-2-6-21(19)16-22/h7-8,16,18,20H,2-6,9-15,17H2,1H3. The van der Waals surface area contributed by atoms with Gasteiger partial charge in [-0.25, -0.2) is 0 Å². The number of Topliss-reactive ketones (excluding diaryl/α,β-unsaturated/α-hetero) is 1. The molecule has 0 saturated carbocycles. The van der Waals surface area contributed by atoms with Gasteiger partial charge in [-0.2, -0.15) is 0 Å². The van der Waals surface area contributed by atoms with Crippen LogP contribution in [0.25, 0.3) is 0 Å². The summed E-state index contributed by atoms with van der Waals surface area (Å²) in [5.41, 5.74) is 3.39. The molecule has 3 aliphatic rings. The number of aryl methyl sites for hydroxylation is 2. The van der Waals surface area contributed by atoms with Gasteiger partial charge < -0.3 is 9.80 Å². The molecule has 0 aromatic heterocycles. The van der Waals surface area contributed by atoms with Crippen LogP contribution < -0.4 is 0 Å². The van der Waals surface area contributed by atoms with Crippen LogP contribution in [-0.4, -0.2) is 53.6 Å². The number of benzene rings is 1. The van der Waals surface area contributed by atoms with Crippen LogP contribution in [0.3, 0.4) is 0 Å². The highest BCUT2D eigenvalue weighted by molar-refractivity contribution is 5.98. The number of hydrogen-bond donors (Lipinski definition) is 0. The molecule has 2 fully saturated rings. The molecule has 162 valence electrons. The summed E-state index contributed by atoms with van der Waals surface area (Å²) >= 11 is 0. The quantitative estimate of drug-likeness (QED) is 0.697. The van der Waals surface area contributed by atoms with Crippen LogP contribution in [0.1, 0.15) is 73.4 Å². The summed E-state index contributed by atoms with van der Waals surface area (Å²) < 4.78 is 0. The van der Waals surface area contributed by atoms with Crippen molar-refractivity contribution in [2.45, 2.75) is 64.7 Å². The molecular formula is C25H34N2O3. The normalized spacial score (nSPS) is 22.1. The Morgan fingerprint density at radius 1 is 0.900 bits per heavy atom. The van der Waals surface area contributed by atoms with Crippen LogP contribution in [-0.2, 0) is 22.4 Å². The van der Waals surface area contributed by atoms with Crippen molar-refractivity contribution in [3.8, 4) is 0 Å². The summed E-state index contributed by atoms with van der Waals surface area (Å²) in [6, 6.07) is 6.01. The summed E-state index contributed by atoms with van der Waals surface area (Å²) in [6.45, 7) is 5.23. The van der Waals surface area contributed by atoms with Crippen molar-refractivity contribution in [1.29, 1.82) is 0 Å². The largest absolute Gasteiger partial charge is 0.343 e. The van der Waals surface area contributed by atoms with Gasteiger partial charge in [-0.05, 0) is 68.1 Å². The van der Waals surface area contributed by atoms with Crippen LogP contribution in [0.5, 0.6) is 0 Å². The third-order valence-electron chi connectivity index (χ3n) is 7.15. The molecule has 5 heteroatoms. The molecule has 1 atom stereocenters. The third kappa shape index (κ3) is 4.76. The first-order valence-corrected chi connectivity index (χ1v) is 11.7. The molecule has 5 nitrogen and oxygen atoms in total. The van der Waals surface area contributed by atoms with E-state index >= 15 is 0 Å². The Morgan fingerprint density at radius 2 is 1.67 bits per heavy atom. The first-order valence-electron chi connectivity index (χ1n) is 11.7. The number of rotatable bonds is 5. The number of likely N-dealkylation sites (tertiary alicyclic amines) is 2. The molecule has 1 aromatic rings. The van der Waals surface area contributed by atoms with Crippen LogP contribution in [0, 0.1) is 11.8 Å². The van der Waals surface area contributed by atoms with Crippen molar-refractivity contribution in [2.24, 2.45) is 11.8 Å². The van der Waals surface area contributed by atoms with Gasteiger partial charge in [-0.15, -0.1) is 0 Å². The third-order valence-corrected chi connectivity index (χ3v) is 7.15. The average molecular weight is 411 g/mol.